The summed E-state index contributed by atoms with van der Waals surface area (Å²) in [6.45, 7) is 0. The van der Waals surface area contributed by atoms with Gasteiger partial charge in [-0.05, 0) is 68.3 Å². The van der Waals surface area contributed by atoms with E-state index in [2.05, 4.69) is 109 Å². The van der Waals surface area contributed by atoms with Gasteiger partial charge in [-0.2, -0.15) is 0 Å². The lowest BCUT2D eigenvalue weighted by molar-refractivity contribution is 0.668. The second kappa shape index (κ2) is 7.50. The van der Waals surface area contributed by atoms with Crippen molar-refractivity contribution in [3.63, 3.8) is 0 Å². The Labute approximate surface area is 230 Å². The van der Waals surface area contributed by atoms with E-state index < -0.39 is 5.41 Å². The number of benzene rings is 6. The first kappa shape index (κ1) is 21.4. The van der Waals surface area contributed by atoms with Crippen LogP contribution in [-0.2, 0) is 5.41 Å². The zero-order valence-electron chi connectivity index (χ0n) is 20.9. The van der Waals surface area contributed by atoms with E-state index in [0.29, 0.717) is 0 Å². The Morgan fingerprint density at radius 3 is 1.90 bits per heavy atom. The van der Waals surface area contributed by atoms with Crippen LogP contribution in [0.1, 0.15) is 22.3 Å². The Kier molecular flexibility index (Phi) is 4.11. The lowest BCUT2D eigenvalue weighted by Gasteiger charge is -2.32. The van der Waals surface area contributed by atoms with Crippen LogP contribution in [0.3, 0.4) is 0 Å². The molecule has 39 heavy (non-hydrogen) atoms. The molecule has 7 aromatic rings. The fraction of sp³-hybridized carbons (Fsp3) is 0.0270. The minimum Gasteiger partial charge on any atom is -0.456 e. The Bertz CT molecular complexity index is 2150. The van der Waals surface area contributed by atoms with Crippen molar-refractivity contribution in [2.24, 2.45) is 0 Å². The molecule has 0 N–H and O–H groups in total. The van der Waals surface area contributed by atoms with Gasteiger partial charge in [-0.25, -0.2) is 0 Å². The van der Waals surface area contributed by atoms with E-state index in [-0.39, 0.29) is 0 Å². The summed E-state index contributed by atoms with van der Waals surface area (Å²) in [4.78, 5) is 0. The first-order valence-corrected chi connectivity index (χ1v) is 13.7. The molecular weight excluding hydrogens is 496 g/mol. The van der Waals surface area contributed by atoms with Crippen LogP contribution < -0.4 is 0 Å². The molecule has 182 valence electrons. The zero-order valence-corrected chi connectivity index (χ0v) is 21.7. The van der Waals surface area contributed by atoms with E-state index in [9.17, 15) is 0 Å². The molecular formula is C37H21ClO. The summed E-state index contributed by atoms with van der Waals surface area (Å²) in [6, 6.07) is 45.6. The summed E-state index contributed by atoms with van der Waals surface area (Å²) in [6.07, 6.45) is 0. The molecule has 0 saturated carbocycles. The number of hydrogen-bond donors (Lipinski definition) is 0. The highest BCUT2D eigenvalue weighted by molar-refractivity contribution is 6.33. The third-order valence-electron chi connectivity index (χ3n) is 8.77. The van der Waals surface area contributed by atoms with Gasteiger partial charge in [0.1, 0.15) is 11.2 Å². The molecule has 0 radical (unpaired) electrons. The van der Waals surface area contributed by atoms with Crippen molar-refractivity contribution in [3.8, 4) is 33.4 Å². The van der Waals surface area contributed by atoms with Gasteiger partial charge in [0.05, 0.1) is 5.41 Å². The Morgan fingerprint density at radius 1 is 0.462 bits per heavy atom. The SMILES string of the molecule is Clc1ccccc1-c1cccc2c1C1(c3ccccc3-2)c2ccccc2-c2c1ccc1oc3ccccc3c21. The molecule has 1 heterocycles. The van der Waals surface area contributed by atoms with Crippen molar-refractivity contribution in [1.82, 2.24) is 0 Å². The van der Waals surface area contributed by atoms with Crippen molar-refractivity contribution in [1.29, 1.82) is 0 Å². The highest BCUT2D eigenvalue weighted by atomic mass is 35.5. The van der Waals surface area contributed by atoms with Gasteiger partial charge < -0.3 is 4.42 Å². The van der Waals surface area contributed by atoms with Gasteiger partial charge in [-0.1, -0.05) is 121 Å². The number of fused-ring (bicyclic) bond motifs is 14. The number of furan rings is 1. The smallest absolute Gasteiger partial charge is 0.136 e. The summed E-state index contributed by atoms with van der Waals surface area (Å²) in [5, 5.41) is 3.11. The molecule has 0 bridgehead atoms. The minimum absolute atomic E-state index is 0.472. The van der Waals surface area contributed by atoms with Crippen LogP contribution in [0.4, 0.5) is 0 Å². The van der Waals surface area contributed by atoms with E-state index in [1.54, 1.807) is 0 Å². The summed E-state index contributed by atoms with van der Waals surface area (Å²) in [5.41, 5.74) is 13.9. The molecule has 2 heteroatoms. The molecule has 0 saturated heterocycles. The van der Waals surface area contributed by atoms with Gasteiger partial charge in [-0.15, -0.1) is 0 Å². The van der Waals surface area contributed by atoms with Crippen LogP contribution in [0.2, 0.25) is 5.02 Å². The van der Waals surface area contributed by atoms with E-state index in [0.717, 1.165) is 27.1 Å². The average Bonchev–Trinajstić information content (AvgIpc) is 3.61. The second-order valence-electron chi connectivity index (χ2n) is 10.5. The number of rotatable bonds is 1. The number of para-hydroxylation sites is 1. The topological polar surface area (TPSA) is 13.1 Å². The van der Waals surface area contributed by atoms with E-state index >= 15 is 0 Å². The molecule has 2 aliphatic carbocycles. The molecule has 1 aromatic heterocycles. The maximum Gasteiger partial charge on any atom is 0.136 e. The minimum atomic E-state index is -0.472. The molecule has 0 aliphatic heterocycles. The lowest BCUT2D eigenvalue weighted by atomic mass is 9.68. The number of hydrogen-bond acceptors (Lipinski definition) is 1. The predicted octanol–water partition coefficient (Wildman–Crippen LogP) is 10.2. The fourth-order valence-corrected chi connectivity index (χ4v) is 7.64. The Hall–Kier alpha value is -4.59. The van der Waals surface area contributed by atoms with E-state index in [1.165, 1.54) is 55.5 Å². The summed E-state index contributed by atoms with van der Waals surface area (Å²) < 4.78 is 6.37. The molecule has 1 spiro atoms. The predicted molar refractivity (Wildman–Crippen MR) is 160 cm³/mol. The van der Waals surface area contributed by atoms with Crippen molar-refractivity contribution in [3.05, 3.63) is 155 Å². The van der Waals surface area contributed by atoms with Crippen molar-refractivity contribution in [2.75, 3.05) is 0 Å². The van der Waals surface area contributed by atoms with Gasteiger partial charge in [0.2, 0.25) is 0 Å². The average molecular weight is 517 g/mol. The van der Waals surface area contributed by atoms with Gasteiger partial charge in [0, 0.05) is 21.4 Å². The summed E-state index contributed by atoms with van der Waals surface area (Å²) >= 11 is 6.88. The van der Waals surface area contributed by atoms with Crippen LogP contribution in [0.15, 0.2) is 132 Å². The van der Waals surface area contributed by atoms with Crippen LogP contribution in [0, 0.1) is 0 Å². The molecule has 1 atom stereocenters. The highest BCUT2D eigenvalue weighted by Gasteiger charge is 2.53. The summed E-state index contributed by atoms with van der Waals surface area (Å²) in [7, 11) is 0. The molecule has 6 aromatic carbocycles. The van der Waals surface area contributed by atoms with Crippen LogP contribution in [0.5, 0.6) is 0 Å². The summed E-state index contributed by atoms with van der Waals surface area (Å²) in [5.74, 6) is 0. The van der Waals surface area contributed by atoms with Crippen LogP contribution in [0.25, 0.3) is 55.3 Å². The third kappa shape index (κ3) is 2.52. The van der Waals surface area contributed by atoms with Gasteiger partial charge in [0.15, 0.2) is 0 Å². The van der Waals surface area contributed by atoms with Crippen molar-refractivity contribution < 1.29 is 4.42 Å². The molecule has 1 nitrogen and oxygen atoms in total. The Morgan fingerprint density at radius 2 is 1.08 bits per heavy atom. The fourth-order valence-electron chi connectivity index (χ4n) is 7.41. The van der Waals surface area contributed by atoms with Gasteiger partial charge in [-0.3, -0.25) is 0 Å². The first-order chi connectivity index (χ1) is 19.3. The van der Waals surface area contributed by atoms with Crippen molar-refractivity contribution >= 4 is 33.5 Å². The highest BCUT2D eigenvalue weighted by Crippen LogP contribution is 2.65. The Balaban J connectivity index is 1.53. The largest absolute Gasteiger partial charge is 0.456 e. The first-order valence-electron chi connectivity index (χ1n) is 13.3. The maximum atomic E-state index is 6.88. The molecule has 9 rings (SSSR count). The molecule has 2 aliphatic rings. The van der Waals surface area contributed by atoms with Crippen molar-refractivity contribution in [2.45, 2.75) is 5.41 Å². The quantitative estimate of drug-likeness (QED) is 0.211. The molecule has 1 unspecified atom stereocenters. The number of halogens is 1. The maximum absolute atomic E-state index is 6.88. The van der Waals surface area contributed by atoms with Gasteiger partial charge in [0.25, 0.3) is 0 Å². The lowest BCUT2D eigenvalue weighted by Crippen LogP contribution is -2.26. The van der Waals surface area contributed by atoms with E-state index in [1.807, 2.05) is 18.2 Å². The second-order valence-corrected chi connectivity index (χ2v) is 10.9. The van der Waals surface area contributed by atoms with E-state index in [4.69, 9.17) is 16.0 Å². The monoisotopic (exact) mass is 516 g/mol. The zero-order chi connectivity index (χ0) is 25.7. The molecule has 0 fully saturated rings. The third-order valence-corrected chi connectivity index (χ3v) is 9.10. The van der Waals surface area contributed by atoms with Gasteiger partial charge >= 0.3 is 0 Å². The normalized spacial score (nSPS) is 16.4. The van der Waals surface area contributed by atoms with Crippen LogP contribution >= 0.6 is 11.6 Å². The molecule has 0 amide bonds. The standard InChI is InChI=1S/C37H21ClO/c38-31-18-7-3-11-23(31)25-15-9-14-24-22-10-1-5-16-28(22)37(36(24)25)29-17-6-2-12-26(29)34-30(37)20-21-33-35(34)27-13-4-8-19-32(27)39-33/h1-21H. The van der Waals surface area contributed by atoms with Crippen LogP contribution in [-0.4, -0.2) is 0 Å².